The molecular weight excluding hydrogens is 316 g/mol. The fourth-order valence-electron chi connectivity index (χ4n) is 2.69. The molecule has 0 saturated carbocycles. The minimum Gasteiger partial charge on any atom is -0.481 e. The lowest BCUT2D eigenvalue weighted by molar-refractivity contribution is -0.127. The number of hydrogen-bond donors (Lipinski definition) is 1. The number of halogens is 1. The molecule has 0 aliphatic carbocycles. The number of ether oxygens (including phenoxy) is 2. The second kappa shape index (κ2) is 9.11. The van der Waals surface area contributed by atoms with Gasteiger partial charge in [0.2, 0.25) is 0 Å². The van der Waals surface area contributed by atoms with Gasteiger partial charge in [-0.15, -0.1) is 0 Å². The third-order valence-electron chi connectivity index (χ3n) is 4.02. The topological polar surface area (TPSA) is 50.8 Å². The van der Waals surface area contributed by atoms with Crippen LogP contribution in [0.25, 0.3) is 0 Å². The molecule has 1 aliphatic heterocycles. The first kappa shape index (κ1) is 18.0. The van der Waals surface area contributed by atoms with Crippen molar-refractivity contribution in [1.29, 1.82) is 0 Å². The minimum absolute atomic E-state index is 0.0969. The zero-order valence-corrected chi connectivity index (χ0v) is 14.5. The summed E-state index contributed by atoms with van der Waals surface area (Å²) in [7, 11) is 1.72. The zero-order valence-electron chi connectivity index (χ0n) is 13.8. The SMILES string of the molecule is COCCN1CC[C@H](CNC(=O)[C@H](C)Oc2cccc(Cl)c2)C1. The molecule has 0 bridgehead atoms. The monoisotopic (exact) mass is 340 g/mol. The maximum atomic E-state index is 12.1. The van der Waals surface area contributed by atoms with Crippen LogP contribution >= 0.6 is 11.6 Å². The molecule has 1 aromatic carbocycles. The Labute approximate surface area is 142 Å². The highest BCUT2D eigenvalue weighted by Crippen LogP contribution is 2.18. The van der Waals surface area contributed by atoms with Crippen molar-refractivity contribution in [3.8, 4) is 5.75 Å². The van der Waals surface area contributed by atoms with Gasteiger partial charge in [0.05, 0.1) is 6.61 Å². The number of hydrogen-bond acceptors (Lipinski definition) is 4. The first-order valence-corrected chi connectivity index (χ1v) is 8.37. The van der Waals surface area contributed by atoms with E-state index in [4.69, 9.17) is 21.1 Å². The molecule has 1 N–H and O–H groups in total. The van der Waals surface area contributed by atoms with E-state index >= 15 is 0 Å². The van der Waals surface area contributed by atoms with E-state index in [1.54, 1.807) is 38.3 Å². The Morgan fingerprint density at radius 3 is 3.09 bits per heavy atom. The molecule has 23 heavy (non-hydrogen) atoms. The van der Waals surface area contributed by atoms with E-state index in [9.17, 15) is 4.79 Å². The third-order valence-corrected chi connectivity index (χ3v) is 4.26. The molecule has 128 valence electrons. The van der Waals surface area contributed by atoms with Gasteiger partial charge in [-0.05, 0) is 44.0 Å². The first-order valence-electron chi connectivity index (χ1n) is 7.99. The average Bonchev–Trinajstić information content (AvgIpc) is 2.98. The smallest absolute Gasteiger partial charge is 0.260 e. The van der Waals surface area contributed by atoms with Gasteiger partial charge >= 0.3 is 0 Å². The Balaban J connectivity index is 1.70. The highest BCUT2D eigenvalue weighted by Gasteiger charge is 2.23. The van der Waals surface area contributed by atoms with Gasteiger partial charge in [0, 0.05) is 31.8 Å². The summed E-state index contributed by atoms with van der Waals surface area (Å²) < 4.78 is 10.7. The van der Waals surface area contributed by atoms with E-state index in [1.165, 1.54) is 0 Å². The van der Waals surface area contributed by atoms with Crippen molar-refractivity contribution in [3.63, 3.8) is 0 Å². The van der Waals surface area contributed by atoms with Crippen LogP contribution in [-0.4, -0.2) is 56.8 Å². The van der Waals surface area contributed by atoms with Crippen LogP contribution in [0.2, 0.25) is 5.02 Å². The van der Waals surface area contributed by atoms with Crippen molar-refractivity contribution in [3.05, 3.63) is 29.3 Å². The Morgan fingerprint density at radius 2 is 2.35 bits per heavy atom. The lowest BCUT2D eigenvalue weighted by atomic mass is 10.1. The molecule has 1 amide bonds. The predicted octanol–water partition coefficient (Wildman–Crippen LogP) is 2.19. The van der Waals surface area contributed by atoms with Crippen molar-refractivity contribution in [2.45, 2.75) is 19.4 Å². The Morgan fingerprint density at radius 1 is 1.52 bits per heavy atom. The Bertz CT molecular complexity index is 512. The average molecular weight is 341 g/mol. The molecule has 0 spiro atoms. The molecule has 6 heteroatoms. The maximum absolute atomic E-state index is 12.1. The van der Waals surface area contributed by atoms with E-state index in [1.807, 2.05) is 0 Å². The summed E-state index contributed by atoms with van der Waals surface area (Å²) in [5.41, 5.74) is 0. The first-order chi connectivity index (χ1) is 11.1. The standard InChI is InChI=1S/C17H25ClN2O3/c1-13(23-16-5-3-4-15(18)10-16)17(21)19-11-14-6-7-20(12-14)8-9-22-2/h3-5,10,13-14H,6-9,11-12H2,1-2H3,(H,19,21)/t13-,14+/m0/s1. The number of amides is 1. The summed E-state index contributed by atoms with van der Waals surface area (Å²) >= 11 is 5.91. The highest BCUT2D eigenvalue weighted by molar-refractivity contribution is 6.30. The van der Waals surface area contributed by atoms with Crippen LogP contribution in [-0.2, 0) is 9.53 Å². The Kier molecular flexibility index (Phi) is 7.15. The third kappa shape index (κ3) is 6.01. The van der Waals surface area contributed by atoms with Crippen LogP contribution < -0.4 is 10.1 Å². The molecule has 5 nitrogen and oxygen atoms in total. The molecule has 2 atom stereocenters. The molecule has 1 aliphatic rings. The second-order valence-electron chi connectivity index (χ2n) is 5.91. The lowest BCUT2D eigenvalue weighted by Gasteiger charge is -2.18. The van der Waals surface area contributed by atoms with Crippen LogP contribution in [0.5, 0.6) is 5.75 Å². The predicted molar refractivity (Wildman–Crippen MR) is 91.0 cm³/mol. The quantitative estimate of drug-likeness (QED) is 0.788. The second-order valence-corrected chi connectivity index (χ2v) is 6.35. The minimum atomic E-state index is -0.542. The molecule has 1 saturated heterocycles. The molecule has 0 aromatic heterocycles. The number of nitrogens with zero attached hydrogens (tertiary/aromatic N) is 1. The summed E-state index contributed by atoms with van der Waals surface area (Å²) in [5.74, 6) is 1.00. The van der Waals surface area contributed by atoms with E-state index in [0.717, 1.165) is 32.7 Å². The van der Waals surface area contributed by atoms with Gasteiger partial charge in [0.25, 0.3) is 5.91 Å². The van der Waals surface area contributed by atoms with E-state index < -0.39 is 6.10 Å². The molecule has 2 rings (SSSR count). The van der Waals surface area contributed by atoms with Crippen molar-refractivity contribution in [1.82, 2.24) is 10.2 Å². The number of nitrogens with one attached hydrogen (secondary N) is 1. The van der Waals surface area contributed by atoms with E-state index in [0.29, 0.717) is 23.2 Å². The fourth-order valence-corrected chi connectivity index (χ4v) is 2.87. The number of likely N-dealkylation sites (tertiary alicyclic amines) is 1. The van der Waals surface area contributed by atoms with Crippen LogP contribution in [0, 0.1) is 5.92 Å². The van der Waals surface area contributed by atoms with Gasteiger partial charge in [0.1, 0.15) is 5.75 Å². The summed E-state index contributed by atoms with van der Waals surface area (Å²) in [6.45, 7) is 6.21. The molecule has 1 fully saturated rings. The largest absolute Gasteiger partial charge is 0.481 e. The number of methoxy groups -OCH3 is 1. The Hall–Kier alpha value is -1.30. The number of rotatable bonds is 8. The summed E-state index contributed by atoms with van der Waals surface area (Å²) in [5, 5.41) is 3.58. The lowest BCUT2D eigenvalue weighted by Crippen LogP contribution is -2.39. The van der Waals surface area contributed by atoms with Gasteiger partial charge < -0.3 is 19.7 Å². The van der Waals surface area contributed by atoms with Crippen molar-refractivity contribution in [2.75, 3.05) is 39.9 Å². The fraction of sp³-hybridized carbons (Fsp3) is 0.588. The van der Waals surface area contributed by atoms with Gasteiger partial charge in [-0.25, -0.2) is 0 Å². The van der Waals surface area contributed by atoms with E-state index in [-0.39, 0.29) is 5.91 Å². The number of carbonyl (C=O) groups is 1. The maximum Gasteiger partial charge on any atom is 0.260 e. The van der Waals surface area contributed by atoms with Crippen LogP contribution in [0.15, 0.2) is 24.3 Å². The molecule has 0 radical (unpaired) electrons. The van der Waals surface area contributed by atoms with Crippen molar-refractivity contribution < 1.29 is 14.3 Å². The van der Waals surface area contributed by atoms with Gasteiger partial charge in [0.15, 0.2) is 6.10 Å². The molecular formula is C17H25ClN2O3. The van der Waals surface area contributed by atoms with Crippen molar-refractivity contribution >= 4 is 17.5 Å². The van der Waals surface area contributed by atoms with Crippen molar-refractivity contribution in [2.24, 2.45) is 5.92 Å². The van der Waals surface area contributed by atoms with Gasteiger partial charge in [-0.1, -0.05) is 17.7 Å². The normalized spacial score (nSPS) is 19.5. The summed E-state index contributed by atoms with van der Waals surface area (Å²) in [6.07, 6.45) is 0.563. The zero-order chi connectivity index (χ0) is 16.7. The number of benzene rings is 1. The van der Waals surface area contributed by atoms with Crippen LogP contribution in [0.1, 0.15) is 13.3 Å². The number of carbonyl (C=O) groups excluding carboxylic acids is 1. The van der Waals surface area contributed by atoms with Gasteiger partial charge in [-0.3, -0.25) is 4.79 Å². The highest BCUT2D eigenvalue weighted by atomic mass is 35.5. The van der Waals surface area contributed by atoms with Crippen LogP contribution in [0.4, 0.5) is 0 Å². The van der Waals surface area contributed by atoms with Gasteiger partial charge in [-0.2, -0.15) is 0 Å². The molecule has 1 aromatic rings. The van der Waals surface area contributed by atoms with Crippen LogP contribution in [0.3, 0.4) is 0 Å². The van der Waals surface area contributed by atoms with E-state index in [2.05, 4.69) is 10.2 Å². The summed E-state index contributed by atoms with van der Waals surface area (Å²) in [4.78, 5) is 14.5. The summed E-state index contributed by atoms with van der Waals surface area (Å²) in [6, 6.07) is 7.07. The molecule has 1 heterocycles. The molecule has 0 unspecified atom stereocenters.